The Morgan fingerprint density at radius 2 is 2.04 bits per heavy atom. The average Bonchev–Trinajstić information content (AvgIpc) is 2.72. The van der Waals surface area contributed by atoms with Crippen molar-refractivity contribution in [2.45, 2.75) is 19.9 Å². The third-order valence-corrected chi connectivity index (χ3v) is 4.57. The number of carbonyl (C=O) groups is 2. The van der Waals surface area contributed by atoms with E-state index in [0.717, 1.165) is 11.1 Å². The number of hydrogen-bond donors (Lipinski definition) is 1. The number of carbonyl (C=O) groups excluding carboxylic acids is 2. The Kier molecular flexibility index (Phi) is 5.98. The van der Waals surface area contributed by atoms with Crippen LogP contribution >= 0.6 is 0 Å². The molecule has 0 spiro atoms. The van der Waals surface area contributed by atoms with Crippen LogP contribution < -0.4 is 14.8 Å². The number of hydrogen-bond acceptors (Lipinski definition) is 6. The molecule has 0 bridgehead atoms. The average molecular weight is 385 g/mol. The molecule has 1 aromatic carbocycles. The summed E-state index contributed by atoms with van der Waals surface area (Å²) in [6, 6.07) is 5.18. The summed E-state index contributed by atoms with van der Waals surface area (Å²) in [5, 5.41) is 2.87. The third-order valence-electron chi connectivity index (χ3n) is 4.57. The smallest absolute Gasteiger partial charge is 0.410 e. The number of aromatic nitrogens is 1. The van der Waals surface area contributed by atoms with Crippen LogP contribution in [0.25, 0.3) is 0 Å². The molecule has 0 saturated carbocycles. The number of methoxy groups -OCH3 is 2. The molecular weight excluding hydrogens is 362 g/mol. The lowest BCUT2D eigenvalue weighted by Gasteiger charge is -2.28. The van der Waals surface area contributed by atoms with Gasteiger partial charge in [0, 0.05) is 25.0 Å². The molecule has 0 aliphatic carbocycles. The van der Waals surface area contributed by atoms with Crippen molar-refractivity contribution in [2.75, 3.05) is 32.7 Å². The van der Waals surface area contributed by atoms with Gasteiger partial charge in [0.2, 0.25) is 0 Å². The molecule has 3 rings (SSSR count). The van der Waals surface area contributed by atoms with Gasteiger partial charge in [0.15, 0.2) is 0 Å². The topological polar surface area (TPSA) is 90.0 Å². The van der Waals surface area contributed by atoms with E-state index in [2.05, 4.69) is 10.3 Å². The van der Waals surface area contributed by atoms with Crippen molar-refractivity contribution in [2.24, 2.45) is 0 Å². The fourth-order valence-corrected chi connectivity index (χ4v) is 3.16. The van der Waals surface area contributed by atoms with Gasteiger partial charge in [-0.05, 0) is 36.6 Å². The molecular formula is C20H23N3O5. The van der Waals surface area contributed by atoms with Crippen molar-refractivity contribution in [1.82, 2.24) is 9.88 Å². The molecule has 1 N–H and O–H groups in total. The lowest BCUT2D eigenvalue weighted by Crippen LogP contribution is -2.37. The van der Waals surface area contributed by atoms with Gasteiger partial charge in [-0.15, -0.1) is 0 Å². The van der Waals surface area contributed by atoms with Gasteiger partial charge in [-0.3, -0.25) is 9.78 Å². The molecule has 2 amide bonds. The van der Waals surface area contributed by atoms with Gasteiger partial charge in [-0.25, -0.2) is 4.79 Å². The minimum atomic E-state index is -0.357. The second kappa shape index (κ2) is 8.60. The largest absolute Gasteiger partial charge is 0.497 e. The molecule has 8 nitrogen and oxygen atoms in total. The van der Waals surface area contributed by atoms with E-state index in [0.29, 0.717) is 48.9 Å². The van der Waals surface area contributed by atoms with Gasteiger partial charge >= 0.3 is 6.09 Å². The number of nitrogens with one attached hydrogen (secondary N) is 1. The molecule has 148 valence electrons. The van der Waals surface area contributed by atoms with Crippen LogP contribution in [0.3, 0.4) is 0 Å². The van der Waals surface area contributed by atoms with Crippen LogP contribution in [0.4, 0.5) is 10.5 Å². The van der Waals surface area contributed by atoms with Crippen molar-refractivity contribution in [3.63, 3.8) is 0 Å². The van der Waals surface area contributed by atoms with Crippen LogP contribution in [0, 0.1) is 0 Å². The van der Waals surface area contributed by atoms with Crippen molar-refractivity contribution >= 4 is 17.7 Å². The van der Waals surface area contributed by atoms with E-state index in [-0.39, 0.29) is 12.0 Å². The predicted molar refractivity (Wildman–Crippen MR) is 103 cm³/mol. The lowest BCUT2D eigenvalue weighted by atomic mass is 9.97. The summed E-state index contributed by atoms with van der Waals surface area (Å²) < 4.78 is 15.6. The van der Waals surface area contributed by atoms with Crippen LogP contribution in [0.2, 0.25) is 0 Å². The molecule has 1 aliphatic rings. The molecule has 2 heterocycles. The summed E-state index contributed by atoms with van der Waals surface area (Å²) in [5.74, 6) is 0.843. The van der Waals surface area contributed by atoms with Crippen LogP contribution in [0.5, 0.6) is 11.5 Å². The quantitative estimate of drug-likeness (QED) is 0.851. The second-order valence-electron chi connectivity index (χ2n) is 6.22. The predicted octanol–water partition coefficient (Wildman–Crippen LogP) is 2.87. The van der Waals surface area contributed by atoms with Crippen LogP contribution in [0.15, 0.2) is 30.6 Å². The van der Waals surface area contributed by atoms with Gasteiger partial charge in [0.1, 0.15) is 11.5 Å². The first-order chi connectivity index (χ1) is 13.6. The minimum Gasteiger partial charge on any atom is -0.497 e. The number of anilines is 1. The normalized spacial score (nSPS) is 12.8. The lowest BCUT2D eigenvalue weighted by molar-refractivity contribution is 0.101. The van der Waals surface area contributed by atoms with Crippen LogP contribution in [-0.2, 0) is 17.7 Å². The van der Waals surface area contributed by atoms with E-state index < -0.39 is 0 Å². The molecule has 1 aromatic heterocycles. The van der Waals surface area contributed by atoms with E-state index in [1.54, 1.807) is 49.5 Å². The Morgan fingerprint density at radius 3 is 2.75 bits per heavy atom. The van der Waals surface area contributed by atoms with Crippen molar-refractivity contribution in [1.29, 1.82) is 0 Å². The minimum absolute atomic E-state index is 0.291. The summed E-state index contributed by atoms with van der Waals surface area (Å²) >= 11 is 0. The van der Waals surface area contributed by atoms with Gasteiger partial charge < -0.3 is 24.4 Å². The number of benzene rings is 1. The highest BCUT2D eigenvalue weighted by Crippen LogP contribution is 2.30. The Labute approximate surface area is 163 Å². The Bertz CT molecular complexity index is 884. The van der Waals surface area contributed by atoms with E-state index in [9.17, 15) is 9.59 Å². The molecule has 2 aromatic rings. The maximum atomic E-state index is 12.9. The molecule has 0 atom stereocenters. The summed E-state index contributed by atoms with van der Waals surface area (Å²) in [7, 11) is 3.09. The zero-order valence-electron chi connectivity index (χ0n) is 16.2. The molecule has 0 radical (unpaired) electrons. The van der Waals surface area contributed by atoms with Crippen molar-refractivity contribution < 1.29 is 23.8 Å². The third kappa shape index (κ3) is 4.00. The second-order valence-corrected chi connectivity index (χ2v) is 6.22. The maximum Gasteiger partial charge on any atom is 0.410 e. The van der Waals surface area contributed by atoms with Gasteiger partial charge in [-0.1, -0.05) is 0 Å². The zero-order chi connectivity index (χ0) is 20.1. The zero-order valence-corrected chi connectivity index (χ0v) is 16.2. The van der Waals surface area contributed by atoms with Gasteiger partial charge in [0.05, 0.1) is 38.6 Å². The Balaban J connectivity index is 1.83. The van der Waals surface area contributed by atoms with E-state index in [1.807, 2.05) is 0 Å². The van der Waals surface area contributed by atoms with Crippen LogP contribution in [0.1, 0.15) is 28.4 Å². The number of amides is 2. The summed E-state index contributed by atoms with van der Waals surface area (Å²) in [4.78, 5) is 30.7. The van der Waals surface area contributed by atoms with E-state index in [4.69, 9.17) is 14.2 Å². The number of ether oxygens (including phenoxy) is 3. The highest BCUT2D eigenvalue weighted by molar-refractivity contribution is 6.06. The fourth-order valence-electron chi connectivity index (χ4n) is 3.16. The monoisotopic (exact) mass is 385 g/mol. The molecule has 8 heteroatoms. The van der Waals surface area contributed by atoms with E-state index >= 15 is 0 Å². The standard InChI is InChI=1S/C20H23N3O5/c1-4-28-20(25)23-8-7-15-13(12-23)10-21-11-16(15)19(24)22-17-9-14(26-2)5-6-18(17)27-3/h5-6,9-11H,4,7-8,12H2,1-3H3,(H,22,24). The van der Waals surface area contributed by atoms with Crippen molar-refractivity contribution in [3.05, 3.63) is 47.3 Å². The SMILES string of the molecule is CCOC(=O)N1CCc2c(cncc2C(=O)Nc2cc(OC)ccc2OC)C1. The molecule has 28 heavy (non-hydrogen) atoms. The van der Waals surface area contributed by atoms with Gasteiger partial charge in [-0.2, -0.15) is 0 Å². The van der Waals surface area contributed by atoms with Crippen molar-refractivity contribution in [3.8, 4) is 11.5 Å². The summed E-state index contributed by atoms with van der Waals surface area (Å²) in [6.45, 7) is 2.95. The first kappa shape index (κ1) is 19.5. The first-order valence-electron chi connectivity index (χ1n) is 8.98. The number of pyridine rings is 1. The fraction of sp³-hybridized carbons (Fsp3) is 0.350. The Morgan fingerprint density at radius 1 is 1.21 bits per heavy atom. The highest BCUT2D eigenvalue weighted by Gasteiger charge is 2.26. The number of rotatable bonds is 5. The highest BCUT2D eigenvalue weighted by atomic mass is 16.6. The maximum absolute atomic E-state index is 12.9. The molecule has 0 unspecified atom stereocenters. The first-order valence-corrected chi connectivity index (χ1v) is 8.98. The van der Waals surface area contributed by atoms with E-state index in [1.165, 1.54) is 7.11 Å². The Hall–Kier alpha value is -3.29. The number of nitrogens with zero attached hydrogens (tertiary/aromatic N) is 2. The molecule has 1 aliphatic heterocycles. The molecule has 0 fully saturated rings. The summed E-state index contributed by atoms with van der Waals surface area (Å²) in [6.07, 6.45) is 3.42. The summed E-state index contributed by atoms with van der Waals surface area (Å²) in [5.41, 5.74) is 2.71. The number of fused-ring (bicyclic) bond motifs is 1. The van der Waals surface area contributed by atoms with Gasteiger partial charge in [0.25, 0.3) is 5.91 Å². The van der Waals surface area contributed by atoms with Crippen LogP contribution in [-0.4, -0.2) is 49.3 Å². The molecule has 0 saturated heterocycles.